The van der Waals surface area contributed by atoms with Crippen molar-refractivity contribution in [3.63, 3.8) is 0 Å². The fourth-order valence-electron chi connectivity index (χ4n) is 5.01. The highest BCUT2D eigenvalue weighted by atomic mass is 35.5. The van der Waals surface area contributed by atoms with Gasteiger partial charge in [0.2, 0.25) is 5.50 Å². The standard InChI is InChI=1S/C24H23ClF2N4O3S/c1-13-20(29-19-7-5-15(25)12-31(13)19)18(32)11-14-4-6-17(26)16(10-14)23(2)21(27)35(33,34)24(8-3-9-24)22(28)30-23/h4-7,10,12,21H,3,8-9,11H2,1-2H3,(H2,28,30)/t21-,23+/m0/s1. The zero-order chi connectivity index (χ0) is 25.3. The number of amidine groups is 1. The smallest absolute Gasteiger partial charge is 0.230 e. The van der Waals surface area contributed by atoms with Gasteiger partial charge in [-0.25, -0.2) is 22.2 Å². The minimum Gasteiger partial charge on any atom is -0.386 e. The Balaban J connectivity index is 1.52. The normalized spacial score (nSPS) is 24.8. The minimum absolute atomic E-state index is 0.158. The lowest BCUT2D eigenvalue weighted by molar-refractivity contribution is 0.0988. The summed E-state index contributed by atoms with van der Waals surface area (Å²) in [7, 11) is -4.37. The first kappa shape index (κ1) is 23.9. The van der Waals surface area contributed by atoms with Crippen LogP contribution in [0.4, 0.5) is 8.78 Å². The van der Waals surface area contributed by atoms with Crippen molar-refractivity contribution in [3.8, 4) is 0 Å². The number of carbonyl (C=O) groups excluding carboxylic acids is 1. The molecule has 3 heterocycles. The SMILES string of the molecule is Cc1c(C(=O)Cc2ccc(F)c([C@@]3(C)N=C(N)C4(CCC4)S(=O)(=O)[C@@H]3F)c2)nc2ccc(Cl)cn12. The molecule has 0 amide bonds. The van der Waals surface area contributed by atoms with Crippen LogP contribution in [0.15, 0.2) is 41.5 Å². The van der Waals surface area contributed by atoms with Crippen LogP contribution in [0.3, 0.4) is 0 Å². The molecule has 0 saturated heterocycles. The molecule has 1 fully saturated rings. The minimum atomic E-state index is -4.37. The van der Waals surface area contributed by atoms with Gasteiger partial charge in [-0.3, -0.25) is 9.79 Å². The van der Waals surface area contributed by atoms with E-state index < -0.39 is 31.4 Å². The number of imidazole rings is 1. The van der Waals surface area contributed by atoms with E-state index in [0.29, 0.717) is 28.3 Å². The number of aryl methyl sites for hydroxylation is 1. The highest BCUT2D eigenvalue weighted by molar-refractivity contribution is 7.94. The summed E-state index contributed by atoms with van der Waals surface area (Å²) in [4.78, 5) is 21.7. The Kier molecular flexibility index (Phi) is 5.34. The molecule has 184 valence electrons. The number of hydrogen-bond acceptors (Lipinski definition) is 6. The summed E-state index contributed by atoms with van der Waals surface area (Å²) < 4.78 is 56.9. The monoisotopic (exact) mass is 520 g/mol. The number of aliphatic imine (C=N–C) groups is 1. The third-order valence-corrected chi connectivity index (χ3v) is 10.2. The number of halogens is 3. The Hall–Kier alpha value is -2.85. The lowest BCUT2D eigenvalue weighted by Gasteiger charge is -2.48. The molecule has 1 aliphatic carbocycles. The number of alkyl halides is 1. The van der Waals surface area contributed by atoms with Gasteiger partial charge in [0.15, 0.2) is 15.6 Å². The van der Waals surface area contributed by atoms with Crippen molar-refractivity contribution in [1.29, 1.82) is 0 Å². The predicted molar refractivity (Wildman–Crippen MR) is 129 cm³/mol. The maximum absolute atomic E-state index is 15.6. The number of carbonyl (C=O) groups is 1. The van der Waals surface area contributed by atoms with Crippen LogP contribution in [0.1, 0.15) is 53.5 Å². The van der Waals surface area contributed by atoms with E-state index in [2.05, 4.69) is 9.98 Å². The maximum atomic E-state index is 15.6. The van der Waals surface area contributed by atoms with E-state index in [0.717, 1.165) is 6.07 Å². The molecule has 0 radical (unpaired) electrons. The van der Waals surface area contributed by atoms with Crippen molar-refractivity contribution in [2.45, 2.75) is 55.3 Å². The number of rotatable bonds is 4. The summed E-state index contributed by atoms with van der Waals surface area (Å²) in [6.45, 7) is 2.95. The van der Waals surface area contributed by atoms with Crippen LogP contribution >= 0.6 is 11.6 Å². The average molecular weight is 521 g/mol. The number of aromatic nitrogens is 2. The molecule has 2 aromatic heterocycles. The Labute approximate surface area is 205 Å². The van der Waals surface area contributed by atoms with Crippen molar-refractivity contribution in [2.24, 2.45) is 10.7 Å². The van der Waals surface area contributed by atoms with Gasteiger partial charge in [-0.15, -0.1) is 0 Å². The second-order valence-corrected chi connectivity index (χ2v) is 12.1. The molecular formula is C24H23ClF2N4O3S. The summed E-state index contributed by atoms with van der Waals surface area (Å²) in [5.74, 6) is -1.37. The van der Waals surface area contributed by atoms with Gasteiger partial charge in [-0.05, 0) is 62.9 Å². The van der Waals surface area contributed by atoms with Crippen LogP contribution in [0.2, 0.25) is 5.02 Å². The summed E-state index contributed by atoms with van der Waals surface area (Å²) in [5, 5.41) is 0.486. The number of pyridine rings is 1. The Morgan fingerprint density at radius 3 is 2.66 bits per heavy atom. The van der Waals surface area contributed by atoms with Crippen molar-refractivity contribution < 1.29 is 22.0 Å². The number of fused-ring (bicyclic) bond motifs is 1. The largest absolute Gasteiger partial charge is 0.386 e. The van der Waals surface area contributed by atoms with E-state index in [-0.39, 0.29) is 42.1 Å². The van der Waals surface area contributed by atoms with Gasteiger partial charge in [0, 0.05) is 18.2 Å². The van der Waals surface area contributed by atoms with Crippen LogP contribution < -0.4 is 5.73 Å². The zero-order valence-electron chi connectivity index (χ0n) is 19.1. The maximum Gasteiger partial charge on any atom is 0.230 e. The average Bonchev–Trinajstić information content (AvgIpc) is 3.08. The van der Waals surface area contributed by atoms with Gasteiger partial charge in [-0.2, -0.15) is 0 Å². The van der Waals surface area contributed by atoms with Crippen molar-refractivity contribution in [1.82, 2.24) is 9.38 Å². The third-order valence-electron chi connectivity index (χ3n) is 7.27. The number of benzene rings is 1. The number of hydrogen-bond donors (Lipinski definition) is 1. The molecule has 5 rings (SSSR count). The first-order valence-electron chi connectivity index (χ1n) is 11.1. The molecule has 1 aliphatic heterocycles. The number of Topliss-reactive ketones (excluding diaryl/α,β-unsaturated/α-hetero) is 1. The van der Waals surface area contributed by atoms with Crippen LogP contribution in [-0.2, 0) is 21.8 Å². The summed E-state index contributed by atoms with van der Waals surface area (Å²) in [6, 6.07) is 7.11. The van der Waals surface area contributed by atoms with E-state index in [1.54, 1.807) is 29.7 Å². The second kappa shape index (κ2) is 7.83. The van der Waals surface area contributed by atoms with Crippen LogP contribution in [0.25, 0.3) is 5.65 Å². The van der Waals surface area contributed by atoms with E-state index in [1.807, 2.05) is 0 Å². The molecule has 2 N–H and O–H groups in total. The van der Waals surface area contributed by atoms with E-state index in [4.69, 9.17) is 17.3 Å². The molecule has 1 aromatic carbocycles. The van der Waals surface area contributed by atoms with Crippen LogP contribution in [0, 0.1) is 12.7 Å². The number of nitrogens with zero attached hydrogens (tertiary/aromatic N) is 3. The lowest BCUT2D eigenvalue weighted by atomic mass is 9.82. The summed E-state index contributed by atoms with van der Waals surface area (Å²) in [5.41, 5.74) is 2.94. The fraction of sp³-hybridized carbons (Fsp3) is 0.375. The topological polar surface area (TPSA) is 107 Å². The van der Waals surface area contributed by atoms with Crippen molar-refractivity contribution in [2.75, 3.05) is 0 Å². The third kappa shape index (κ3) is 3.33. The summed E-state index contributed by atoms with van der Waals surface area (Å²) >= 11 is 6.04. The lowest BCUT2D eigenvalue weighted by Crippen LogP contribution is -2.64. The molecular weight excluding hydrogens is 498 g/mol. The fourth-order valence-corrected chi connectivity index (χ4v) is 7.55. The molecule has 3 aromatic rings. The predicted octanol–water partition coefficient (Wildman–Crippen LogP) is 4.08. The number of nitrogens with two attached hydrogens (primary N) is 1. The van der Waals surface area contributed by atoms with E-state index in [9.17, 15) is 17.6 Å². The van der Waals surface area contributed by atoms with Crippen molar-refractivity contribution >= 4 is 38.7 Å². The number of sulfone groups is 1. The Morgan fingerprint density at radius 2 is 2.00 bits per heavy atom. The molecule has 2 aliphatic rings. The quantitative estimate of drug-likeness (QED) is 0.522. The molecule has 0 unspecified atom stereocenters. The van der Waals surface area contributed by atoms with E-state index in [1.165, 1.54) is 19.1 Å². The molecule has 1 saturated carbocycles. The molecule has 2 atom stereocenters. The Bertz CT molecular complexity index is 1530. The highest BCUT2D eigenvalue weighted by Crippen LogP contribution is 2.51. The molecule has 1 spiro atoms. The van der Waals surface area contributed by atoms with Crippen LogP contribution in [0.5, 0.6) is 0 Å². The highest BCUT2D eigenvalue weighted by Gasteiger charge is 2.64. The van der Waals surface area contributed by atoms with Crippen molar-refractivity contribution in [3.05, 3.63) is 69.9 Å². The van der Waals surface area contributed by atoms with Gasteiger partial charge in [0.25, 0.3) is 0 Å². The number of ketones is 1. The zero-order valence-corrected chi connectivity index (χ0v) is 20.6. The molecule has 0 bridgehead atoms. The molecule has 11 heteroatoms. The van der Waals surface area contributed by atoms with Crippen LogP contribution in [-0.4, -0.2) is 39.7 Å². The molecule has 35 heavy (non-hydrogen) atoms. The first-order chi connectivity index (χ1) is 16.4. The van der Waals surface area contributed by atoms with Gasteiger partial charge < -0.3 is 10.1 Å². The van der Waals surface area contributed by atoms with Gasteiger partial charge in [0.05, 0.1) is 10.7 Å². The Morgan fingerprint density at radius 1 is 1.29 bits per heavy atom. The van der Waals surface area contributed by atoms with Gasteiger partial charge in [0.1, 0.15) is 33.3 Å². The summed E-state index contributed by atoms with van der Waals surface area (Å²) in [6.07, 6.45) is 2.48. The van der Waals surface area contributed by atoms with Gasteiger partial charge >= 0.3 is 0 Å². The van der Waals surface area contributed by atoms with Gasteiger partial charge in [-0.1, -0.05) is 17.7 Å². The van der Waals surface area contributed by atoms with E-state index >= 15 is 4.39 Å². The molecule has 7 nitrogen and oxygen atoms in total. The second-order valence-electron chi connectivity index (χ2n) is 9.39. The first-order valence-corrected chi connectivity index (χ1v) is 13.0.